The van der Waals surface area contributed by atoms with Crippen LogP contribution in [-0.4, -0.2) is 22.4 Å². The number of thiophene rings is 1. The fraction of sp³-hybridized carbons (Fsp3) is 0.375. The van der Waals surface area contributed by atoms with Gasteiger partial charge in [-0.15, -0.1) is 11.3 Å². The van der Waals surface area contributed by atoms with Gasteiger partial charge in [0.1, 0.15) is 10.6 Å². The van der Waals surface area contributed by atoms with Crippen molar-refractivity contribution in [2.45, 2.75) is 39.2 Å². The van der Waals surface area contributed by atoms with Crippen molar-refractivity contribution in [1.82, 2.24) is 5.32 Å². The minimum absolute atomic E-state index is 0.366. The van der Waals surface area contributed by atoms with Gasteiger partial charge in [0.05, 0.1) is 11.5 Å². The van der Waals surface area contributed by atoms with Crippen LogP contribution in [0.5, 0.6) is 0 Å². The Hall–Kier alpha value is -1.75. The maximum absolute atomic E-state index is 12.6. The number of hydrogen-bond acceptors (Lipinski definition) is 4. The van der Waals surface area contributed by atoms with Gasteiger partial charge in [-0.05, 0) is 39.1 Å². The molecule has 1 atom stereocenters. The molecule has 0 amide bonds. The Bertz CT molecular complexity index is 690. The van der Waals surface area contributed by atoms with E-state index >= 15 is 0 Å². The second-order valence-corrected chi connectivity index (χ2v) is 7.36. The van der Waals surface area contributed by atoms with Crippen LogP contribution in [0.15, 0.2) is 34.4 Å². The summed E-state index contributed by atoms with van der Waals surface area (Å²) in [4.78, 5) is 13.9. The molecule has 0 spiro atoms. The molecule has 1 N–H and O–H groups in total. The standard InChI is InChI=1S/C16H17N2O2S2/c1-9-12(15(19)20-16(2,3)4)13(11-6-5-7-22-11)10(8-17)14(21)18-9/h5-7,13H,1-4H3,(H,18,21)/q-1. The minimum Gasteiger partial charge on any atom is -0.763 e. The summed E-state index contributed by atoms with van der Waals surface area (Å²) >= 11 is 6.74. The molecule has 116 valence electrons. The van der Waals surface area contributed by atoms with Crippen LogP contribution >= 0.6 is 23.6 Å². The second-order valence-electron chi connectivity index (χ2n) is 5.97. The third kappa shape index (κ3) is 3.35. The summed E-state index contributed by atoms with van der Waals surface area (Å²) in [6, 6.07) is 3.79. The number of thiocarbonyl (C=S) groups is 1. The minimum atomic E-state index is -0.602. The normalized spacial score (nSPS) is 18.8. The molecule has 1 aromatic heterocycles. The van der Waals surface area contributed by atoms with Crippen molar-refractivity contribution in [2.24, 2.45) is 0 Å². The molecule has 0 saturated heterocycles. The van der Waals surface area contributed by atoms with E-state index in [1.165, 1.54) is 11.3 Å². The Morgan fingerprint density at radius 1 is 1.50 bits per heavy atom. The average Bonchev–Trinajstić information content (AvgIpc) is 2.88. The highest BCUT2D eigenvalue weighted by molar-refractivity contribution is 7.80. The Labute approximate surface area is 139 Å². The van der Waals surface area contributed by atoms with Crippen LogP contribution in [-0.2, 0) is 9.53 Å². The largest absolute Gasteiger partial charge is 0.763 e. The summed E-state index contributed by atoms with van der Waals surface area (Å²) in [7, 11) is 0. The van der Waals surface area contributed by atoms with Crippen LogP contribution in [0.25, 0.3) is 5.41 Å². The molecule has 1 aliphatic heterocycles. The Kier molecular flexibility index (Phi) is 4.66. The van der Waals surface area contributed by atoms with Gasteiger partial charge in [-0.2, -0.15) is 0 Å². The van der Waals surface area contributed by atoms with Gasteiger partial charge in [-0.1, -0.05) is 18.3 Å². The number of carbonyl (C=O) groups excluding carboxylic acids is 1. The number of rotatable bonds is 2. The van der Waals surface area contributed by atoms with Gasteiger partial charge in [-0.3, -0.25) is 5.87 Å². The van der Waals surface area contributed by atoms with E-state index in [0.29, 0.717) is 21.8 Å². The van der Waals surface area contributed by atoms with E-state index in [1.54, 1.807) is 6.92 Å². The first-order chi connectivity index (χ1) is 10.2. The van der Waals surface area contributed by atoms with E-state index in [2.05, 4.69) is 11.2 Å². The number of allylic oxidation sites excluding steroid dienone is 1. The lowest BCUT2D eigenvalue weighted by molar-refractivity contribution is -0.150. The van der Waals surface area contributed by atoms with Crippen molar-refractivity contribution in [2.75, 3.05) is 0 Å². The summed E-state index contributed by atoms with van der Waals surface area (Å²) in [6.45, 7) is 7.23. The highest BCUT2D eigenvalue weighted by Gasteiger charge is 2.36. The van der Waals surface area contributed by atoms with Gasteiger partial charge in [0, 0.05) is 16.1 Å². The van der Waals surface area contributed by atoms with Gasteiger partial charge in [0.2, 0.25) is 0 Å². The Morgan fingerprint density at radius 3 is 2.68 bits per heavy atom. The molecular formula is C16H17N2O2S2-. The predicted molar refractivity (Wildman–Crippen MR) is 93.2 cm³/mol. The summed E-state index contributed by atoms with van der Waals surface area (Å²) < 4.78 is 5.51. The van der Waals surface area contributed by atoms with Crippen molar-refractivity contribution in [3.63, 3.8) is 0 Å². The van der Waals surface area contributed by atoms with Crippen LogP contribution in [0.4, 0.5) is 0 Å². The van der Waals surface area contributed by atoms with Gasteiger partial charge < -0.3 is 15.5 Å². The summed E-state index contributed by atoms with van der Waals surface area (Å²) in [5.74, 6) is 1.25. The molecular weight excluding hydrogens is 316 g/mol. The first kappa shape index (κ1) is 16.6. The molecule has 0 fully saturated rings. The highest BCUT2D eigenvalue weighted by Crippen LogP contribution is 2.39. The molecule has 0 aromatic carbocycles. The summed E-state index contributed by atoms with van der Waals surface area (Å²) in [5, 5.41) is 14.3. The molecule has 1 unspecified atom stereocenters. The van der Waals surface area contributed by atoms with Crippen LogP contribution in [0, 0.1) is 0 Å². The molecule has 6 heteroatoms. The lowest BCUT2D eigenvalue weighted by Crippen LogP contribution is -2.37. The quantitative estimate of drug-likeness (QED) is 0.389. The van der Waals surface area contributed by atoms with Crippen molar-refractivity contribution >= 4 is 40.4 Å². The fourth-order valence-electron chi connectivity index (χ4n) is 2.26. The maximum atomic E-state index is 12.6. The zero-order chi connectivity index (χ0) is 16.5. The smallest absolute Gasteiger partial charge is 0.337 e. The lowest BCUT2D eigenvalue weighted by Gasteiger charge is -2.31. The van der Waals surface area contributed by atoms with Crippen molar-refractivity contribution in [1.29, 1.82) is 0 Å². The van der Waals surface area contributed by atoms with E-state index in [-0.39, 0.29) is 0 Å². The third-order valence-electron chi connectivity index (χ3n) is 3.09. The molecule has 1 aromatic rings. The molecule has 0 saturated carbocycles. The number of esters is 1. The summed E-state index contributed by atoms with van der Waals surface area (Å²) in [6.07, 6.45) is 0. The molecule has 22 heavy (non-hydrogen) atoms. The average molecular weight is 333 g/mol. The van der Waals surface area contributed by atoms with Crippen molar-refractivity contribution in [3.8, 4) is 0 Å². The zero-order valence-corrected chi connectivity index (χ0v) is 14.5. The fourth-order valence-corrected chi connectivity index (χ4v) is 3.42. The lowest BCUT2D eigenvalue weighted by atomic mass is 9.85. The molecule has 0 bridgehead atoms. The van der Waals surface area contributed by atoms with E-state index in [0.717, 1.165) is 4.88 Å². The van der Waals surface area contributed by atoms with Gasteiger partial charge in [0.15, 0.2) is 0 Å². The van der Waals surface area contributed by atoms with Crippen LogP contribution in [0.3, 0.4) is 0 Å². The van der Waals surface area contributed by atoms with E-state index in [1.807, 2.05) is 38.3 Å². The number of nitrogens with zero attached hydrogens (tertiary/aromatic N) is 1. The van der Waals surface area contributed by atoms with Crippen molar-refractivity contribution < 1.29 is 9.53 Å². The second kappa shape index (κ2) is 6.16. The van der Waals surface area contributed by atoms with Crippen LogP contribution in [0.1, 0.15) is 38.5 Å². The first-order valence-electron chi connectivity index (χ1n) is 6.80. The topological polar surface area (TPSA) is 60.6 Å². The van der Waals surface area contributed by atoms with E-state index in [9.17, 15) is 10.2 Å². The molecule has 1 aliphatic rings. The van der Waals surface area contributed by atoms with Crippen LogP contribution < -0.4 is 5.32 Å². The van der Waals surface area contributed by atoms with E-state index in [4.69, 9.17) is 17.0 Å². The van der Waals surface area contributed by atoms with Crippen molar-refractivity contribution in [3.05, 3.63) is 44.6 Å². The van der Waals surface area contributed by atoms with E-state index < -0.39 is 17.5 Å². The summed E-state index contributed by atoms with van der Waals surface area (Å²) in [5.41, 5.74) is 0.859. The Balaban J connectivity index is 2.56. The van der Waals surface area contributed by atoms with Gasteiger partial charge in [0.25, 0.3) is 0 Å². The Morgan fingerprint density at radius 2 is 2.18 bits per heavy atom. The third-order valence-corrected chi connectivity index (χ3v) is 4.35. The molecule has 0 radical (unpaired) electrons. The number of ether oxygens (including phenoxy) is 1. The molecule has 2 rings (SSSR count). The van der Waals surface area contributed by atoms with Gasteiger partial charge in [-0.25, -0.2) is 4.79 Å². The number of nitrogens with one attached hydrogen (secondary N) is 1. The number of carbonyl (C=O) groups is 1. The molecule has 2 heterocycles. The monoisotopic (exact) mass is 333 g/mol. The van der Waals surface area contributed by atoms with Gasteiger partial charge >= 0.3 is 5.97 Å². The van der Waals surface area contributed by atoms with Crippen LogP contribution in [0.2, 0.25) is 0 Å². The predicted octanol–water partition coefficient (Wildman–Crippen LogP) is 3.54. The highest BCUT2D eigenvalue weighted by atomic mass is 32.1. The maximum Gasteiger partial charge on any atom is 0.337 e. The first-order valence-corrected chi connectivity index (χ1v) is 8.09. The SMILES string of the molecule is CC1=C(C(=O)OC(C)(C)C)C(c2cccs2)C(=C=[N-])C(=S)N1. The molecule has 4 nitrogen and oxygen atoms in total. The number of hydrogen-bond donors (Lipinski definition) is 1. The zero-order valence-electron chi connectivity index (χ0n) is 12.9. The molecule has 0 aliphatic carbocycles.